The van der Waals surface area contributed by atoms with Crippen molar-refractivity contribution in [1.82, 2.24) is 0 Å². The number of phenols is 1. The Hall–Kier alpha value is -1.50. The van der Waals surface area contributed by atoms with Crippen LogP contribution in [0.5, 0.6) is 5.75 Å². The van der Waals surface area contributed by atoms with E-state index in [4.69, 9.17) is 0 Å². The summed E-state index contributed by atoms with van der Waals surface area (Å²) in [5.41, 5.74) is 1.69. The van der Waals surface area contributed by atoms with Gasteiger partial charge in [0.25, 0.3) is 0 Å². The van der Waals surface area contributed by atoms with Crippen LogP contribution in [0.2, 0.25) is 0 Å². The van der Waals surface area contributed by atoms with Crippen molar-refractivity contribution in [2.75, 3.05) is 0 Å². The van der Waals surface area contributed by atoms with E-state index in [0.29, 0.717) is 18.6 Å². The van der Waals surface area contributed by atoms with E-state index in [-0.39, 0.29) is 0 Å². The molecule has 0 bridgehead atoms. The summed E-state index contributed by atoms with van der Waals surface area (Å²) in [6.45, 7) is 7.25. The van der Waals surface area contributed by atoms with E-state index < -0.39 is 0 Å². The van der Waals surface area contributed by atoms with Crippen molar-refractivity contribution < 1.29 is 5.11 Å². The molecule has 0 saturated heterocycles. The Bertz CT molecular complexity index is 285. The first-order valence-corrected chi connectivity index (χ1v) is 4.22. The second-order valence-corrected chi connectivity index (χ2v) is 2.82. The van der Waals surface area contributed by atoms with E-state index in [1.807, 2.05) is 12.1 Å². The maximum atomic E-state index is 9.72. The molecule has 0 atom stereocenters. The Morgan fingerprint density at radius 2 is 2.00 bits per heavy atom. The summed E-state index contributed by atoms with van der Waals surface area (Å²) in [7, 11) is 0. The summed E-state index contributed by atoms with van der Waals surface area (Å²) in [4.78, 5) is 0. The SMILES string of the molecule is C=CCc1[c]ccc(CC=C)c1O. The van der Waals surface area contributed by atoms with E-state index >= 15 is 0 Å². The Kier molecular flexibility index (Phi) is 3.32. The lowest BCUT2D eigenvalue weighted by molar-refractivity contribution is 0.464. The molecule has 0 unspecified atom stereocenters. The van der Waals surface area contributed by atoms with Gasteiger partial charge < -0.3 is 5.11 Å². The first-order chi connectivity index (χ1) is 6.29. The molecule has 1 N–H and O–H groups in total. The van der Waals surface area contributed by atoms with Gasteiger partial charge in [0, 0.05) is 5.56 Å². The van der Waals surface area contributed by atoms with Crippen LogP contribution in [0.25, 0.3) is 0 Å². The van der Waals surface area contributed by atoms with Crippen LogP contribution in [0.4, 0.5) is 0 Å². The van der Waals surface area contributed by atoms with Crippen molar-refractivity contribution in [1.29, 1.82) is 0 Å². The third-order valence-electron chi connectivity index (χ3n) is 1.84. The van der Waals surface area contributed by atoms with Crippen LogP contribution in [0.1, 0.15) is 11.1 Å². The van der Waals surface area contributed by atoms with Crippen LogP contribution < -0.4 is 0 Å². The van der Waals surface area contributed by atoms with Gasteiger partial charge in [-0.25, -0.2) is 0 Å². The van der Waals surface area contributed by atoms with Gasteiger partial charge in [-0.2, -0.15) is 0 Å². The molecule has 67 valence electrons. The molecule has 1 rings (SSSR count). The summed E-state index contributed by atoms with van der Waals surface area (Å²) in [6.07, 6.45) is 4.86. The quantitative estimate of drug-likeness (QED) is 0.694. The minimum Gasteiger partial charge on any atom is -0.507 e. The average Bonchev–Trinajstić information content (AvgIpc) is 2.13. The van der Waals surface area contributed by atoms with E-state index in [0.717, 1.165) is 11.1 Å². The second kappa shape index (κ2) is 4.51. The number of rotatable bonds is 4. The minimum absolute atomic E-state index is 0.322. The summed E-state index contributed by atoms with van der Waals surface area (Å²) in [5.74, 6) is 0.322. The Balaban J connectivity index is 3.02. The maximum Gasteiger partial charge on any atom is 0.123 e. The number of phenolic OH excluding ortho intramolecular Hbond substituents is 1. The van der Waals surface area contributed by atoms with Gasteiger partial charge in [-0.15, -0.1) is 13.2 Å². The summed E-state index contributed by atoms with van der Waals surface area (Å²) < 4.78 is 0. The summed E-state index contributed by atoms with van der Waals surface area (Å²) in [6, 6.07) is 6.65. The topological polar surface area (TPSA) is 20.2 Å². The highest BCUT2D eigenvalue weighted by atomic mass is 16.3. The third-order valence-corrected chi connectivity index (χ3v) is 1.84. The Morgan fingerprint density at radius 1 is 1.31 bits per heavy atom. The lowest BCUT2D eigenvalue weighted by Gasteiger charge is -2.05. The predicted molar refractivity (Wildman–Crippen MR) is 54.7 cm³/mol. The molecule has 1 aromatic carbocycles. The number of hydrogen-bond acceptors (Lipinski definition) is 1. The molecule has 0 fully saturated rings. The summed E-state index contributed by atoms with van der Waals surface area (Å²) >= 11 is 0. The molecule has 13 heavy (non-hydrogen) atoms. The minimum atomic E-state index is 0.322. The number of aromatic hydroxyl groups is 1. The lowest BCUT2D eigenvalue weighted by atomic mass is 10.0. The molecule has 0 aliphatic carbocycles. The highest BCUT2D eigenvalue weighted by Gasteiger charge is 2.03. The largest absolute Gasteiger partial charge is 0.507 e. The monoisotopic (exact) mass is 173 g/mol. The third kappa shape index (κ3) is 2.22. The zero-order chi connectivity index (χ0) is 9.68. The predicted octanol–water partition coefficient (Wildman–Crippen LogP) is 2.65. The normalized spacial score (nSPS) is 9.54. The van der Waals surface area contributed by atoms with Crippen LogP contribution in [0.15, 0.2) is 37.4 Å². The van der Waals surface area contributed by atoms with Crippen LogP contribution in [-0.2, 0) is 12.8 Å². The van der Waals surface area contributed by atoms with Crippen molar-refractivity contribution in [2.24, 2.45) is 0 Å². The van der Waals surface area contributed by atoms with Gasteiger partial charge in [0.2, 0.25) is 0 Å². The lowest BCUT2D eigenvalue weighted by Crippen LogP contribution is -1.88. The van der Waals surface area contributed by atoms with Crippen molar-refractivity contribution in [3.05, 3.63) is 54.6 Å². The number of hydrogen-bond donors (Lipinski definition) is 1. The van der Waals surface area contributed by atoms with E-state index in [1.54, 1.807) is 12.2 Å². The maximum absolute atomic E-state index is 9.72. The first kappa shape index (κ1) is 9.59. The van der Waals surface area contributed by atoms with E-state index in [1.165, 1.54) is 0 Å². The zero-order valence-electron chi connectivity index (χ0n) is 7.59. The highest BCUT2D eigenvalue weighted by molar-refractivity contribution is 5.41. The molecule has 0 spiro atoms. The first-order valence-electron chi connectivity index (χ1n) is 4.22. The fraction of sp³-hybridized carbons (Fsp3) is 0.167. The Labute approximate surface area is 79.0 Å². The van der Waals surface area contributed by atoms with Crippen molar-refractivity contribution in [3.8, 4) is 5.75 Å². The smallest absolute Gasteiger partial charge is 0.123 e. The molecule has 0 aliphatic heterocycles. The number of benzene rings is 1. The fourth-order valence-corrected chi connectivity index (χ4v) is 1.20. The molecule has 0 saturated carbocycles. The van der Waals surface area contributed by atoms with Crippen molar-refractivity contribution in [2.45, 2.75) is 12.8 Å². The van der Waals surface area contributed by atoms with Crippen molar-refractivity contribution in [3.63, 3.8) is 0 Å². The molecular formula is C12H13O. The average molecular weight is 173 g/mol. The second-order valence-electron chi connectivity index (χ2n) is 2.82. The van der Waals surface area contributed by atoms with Crippen LogP contribution in [0.3, 0.4) is 0 Å². The van der Waals surface area contributed by atoms with Crippen LogP contribution in [-0.4, -0.2) is 5.11 Å². The van der Waals surface area contributed by atoms with Crippen molar-refractivity contribution >= 4 is 0 Å². The molecule has 1 nitrogen and oxygen atoms in total. The standard InChI is InChI=1S/C12H13O/c1-3-6-10-8-5-9-11(7-4-2)12(10)13/h3-5,8,13H,1-2,6-7H2. The zero-order valence-corrected chi connectivity index (χ0v) is 7.59. The van der Waals surface area contributed by atoms with Gasteiger partial charge in [-0.1, -0.05) is 24.3 Å². The molecule has 0 amide bonds. The van der Waals surface area contributed by atoms with E-state index in [2.05, 4.69) is 19.2 Å². The highest BCUT2D eigenvalue weighted by Crippen LogP contribution is 2.23. The molecule has 0 heterocycles. The van der Waals surface area contributed by atoms with Crippen LogP contribution >= 0.6 is 0 Å². The van der Waals surface area contributed by atoms with Gasteiger partial charge in [-0.05, 0) is 24.5 Å². The van der Waals surface area contributed by atoms with Crippen LogP contribution in [0, 0.1) is 6.07 Å². The van der Waals surface area contributed by atoms with E-state index in [9.17, 15) is 5.11 Å². The molecule has 1 radical (unpaired) electrons. The van der Waals surface area contributed by atoms with Gasteiger partial charge in [0.05, 0.1) is 0 Å². The van der Waals surface area contributed by atoms with Gasteiger partial charge in [0.1, 0.15) is 5.75 Å². The molecule has 0 aromatic heterocycles. The molecular weight excluding hydrogens is 160 g/mol. The molecule has 1 heteroatoms. The van der Waals surface area contributed by atoms with Gasteiger partial charge in [-0.3, -0.25) is 0 Å². The fourth-order valence-electron chi connectivity index (χ4n) is 1.20. The molecule has 1 aromatic rings. The van der Waals surface area contributed by atoms with Gasteiger partial charge >= 0.3 is 0 Å². The molecule has 0 aliphatic rings. The summed E-state index contributed by atoms with van der Waals surface area (Å²) in [5, 5.41) is 9.72. The van der Waals surface area contributed by atoms with Gasteiger partial charge in [0.15, 0.2) is 0 Å². The Morgan fingerprint density at radius 3 is 2.62 bits per heavy atom. The number of allylic oxidation sites excluding steroid dienone is 2.